The van der Waals surface area contributed by atoms with Gasteiger partial charge in [0.15, 0.2) is 0 Å². The van der Waals surface area contributed by atoms with Crippen LogP contribution in [0.2, 0.25) is 0 Å². The van der Waals surface area contributed by atoms with Crippen LogP contribution in [0.1, 0.15) is 23.0 Å². The predicted octanol–water partition coefficient (Wildman–Crippen LogP) is 3.10. The van der Waals surface area contributed by atoms with Crippen LogP contribution in [0.25, 0.3) is 10.9 Å². The van der Waals surface area contributed by atoms with E-state index < -0.39 is 5.97 Å². The number of nitrogens with zero attached hydrogens (tertiary/aromatic N) is 1. The van der Waals surface area contributed by atoms with Gasteiger partial charge in [-0.05, 0) is 58.8 Å². The van der Waals surface area contributed by atoms with E-state index in [4.69, 9.17) is 5.11 Å². The number of benzene rings is 1. The third kappa shape index (κ3) is 2.02. The average molecular weight is 327 g/mol. The number of hydrogen-bond acceptors (Lipinski definition) is 2. The van der Waals surface area contributed by atoms with E-state index in [0.29, 0.717) is 0 Å². The van der Waals surface area contributed by atoms with Crippen molar-refractivity contribution in [3.8, 4) is 0 Å². The van der Waals surface area contributed by atoms with E-state index >= 15 is 0 Å². The topological polar surface area (TPSA) is 50.2 Å². The molecule has 4 heteroatoms. The molecule has 1 aromatic carbocycles. The van der Waals surface area contributed by atoms with Crippen LogP contribution < -0.4 is 0 Å². The highest BCUT2D eigenvalue weighted by atomic mass is 127. The Kier molecular flexibility index (Phi) is 3.09. The van der Waals surface area contributed by atoms with Crippen LogP contribution in [0.5, 0.6) is 0 Å². The number of aryl methyl sites for hydroxylation is 1. The molecule has 0 radical (unpaired) electrons. The van der Waals surface area contributed by atoms with Gasteiger partial charge >= 0.3 is 5.97 Å². The number of carboxylic acids is 1. The predicted molar refractivity (Wildman–Crippen MR) is 70.8 cm³/mol. The van der Waals surface area contributed by atoms with E-state index in [9.17, 15) is 4.79 Å². The summed E-state index contributed by atoms with van der Waals surface area (Å²) in [5.74, 6) is -0.977. The number of carbonyl (C=O) groups is 1. The number of aromatic carboxylic acids is 1. The Morgan fingerprint density at radius 3 is 2.81 bits per heavy atom. The summed E-state index contributed by atoms with van der Waals surface area (Å²) < 4.78 is 1.13. The first-order valence-corrected chi connectivity index (χ1v) is 6.02. The zero-order valence-corrected chi connectivity index (χ0v) is 10.9. The van der Waals surface area contributed by atoms with Crippen molar-refractivity contribution >= 4 is 39.5 Å². The first-order chi connectivity index (χ1) is 7.61. The molecule has 0 aliphatic carbocycles. The van der Waals surface area contributed by atoms with Gasteiger partial charge in [0, 0.05) is 8.96 Å². The number of halogens is 1. The van der Waals surface area contributed by atoms with Crippen molar-refractivity contribution in [1.29, 1.82) is 0 Å². The smallest absolute Gasteiger partial charge is 0.354 e. The zero-order chi connectivity index (χ0) is 11.7. The molecular formula is C12H10INO2. The molecule has 0 atom stereocenters. The highest BCUT2D eigenvalue weighted by Gasteiger charge is 2.09. The maximum atomic E-state index is 10.9. The van der Waals surface area contributed by atoms with Gasteiger partial charge in [0.1, 0.15) is 5.69 Å². The summed E-state index contributed by atoms with van der Waals surface area (Å²) in [7, 11) is 0. The van der Waals surface area contributed by atoms with Crippen LogP contribution >= 0.6 is 22.6 Å². The van der Waals surface area contributed by atoms with Gasteiger partial charge in [-0.1, -0.05) is 6.92 Å². The van der Waals surface area contributed by atoms with Crippen LogP contribution in [0.4, 0.5) is 0 Å². The molecule has 3 nitrogen and oxygen atoms in total. The van der Waals surface area contributed by atoms with Crippen molar-refractivity contribution in [3.05, 3.63) is 39.1 Å². The van der Waals surface area contributed by atoms with E-state index in [1.807, 2.05) is 25.1 Å². The summed E-state index contributed by atoms with van der Waals surface area (Å²) in [6.07, 6.45) is 0.805. The van der Waals surface area contributed by atoms with Gasteiger partial charge in [0.25, 0.3) is 0 Å². The Morgan fingerprint density at radius 1 is 1.44 bits per heavy atom. The van der Waals surface area contributed by atoms with Gasteiger partial charge in [0.05, 0.1) is 5.52 Å². The molecule has 82 valence electrons. The minimum absolute atomic E-state index is 0.116. The van der Waals surface area contributed by atoms with Crippen LogP contribution in [-0.2, 0) is 6.42 Å². The van der Waals surface area contributed by atoms with Crippen molar-refractivity contribution in [2.24, 2.45) is 0 Å². The maximum absolute atomic E-state index is 10.9. The van der Waals surface area contributed by atoms with E-state index in [1.165, 1.54) is 0 Å². The molecule has 1 N–H and O–H groups in total. The fraction of sp³-hybridized carbons (Fsp3) is 0.167. The molecule has 0 bridgehead atoms. The second-order valence-electron chi connectivity index (χ2n) is 3.49. The summed E-state index contributed by atoms with van der Waals surface area (Å²) in [6.45, 7) is 2.01. The van der Waals surface area contributed by atoms with Gasteiger partial charge in [0.2, 0.25) is 0 Å². The van der Waals surface area contributed by atoms with Crippen molar-refractivity contribution in [1.82, 2.24) is 4.98 Å². The monoisotopic (exact) mass is 327 g/mol. The maximum Gasteiger partial charge on any atom is 0.354 e. The normalized spacial score (nSPS) is 10.6. The summed E-state index contributed by atoms with van der Waals surface area (Å²) in [4.78, 5) is 15.0. The number of hydrogen-bond donors (Lipinski definition) is 1. The molecular weight excluding hydrogens is 317 g/mol. The van der Waals surface area contributed by atoms with E-state index in [1.54, 1.807) is 6.07 Å². The largest absolute Gasteiger partial charge is 0.477 e. The summed E-state index contributed by atoms with van der Waals surface area (Å²) in [6, 6.07) is 7.48. The Morgan fingerprint density at radius 2 is 2.19 bits per heavy atom. The summed E-state index contributed by atoms with van der Waals surface area (Å²) in [5, 5.41) is 10.00. The Hall–Kier alpha value is -1.17. The molecule has 0 aliphatic heterocycles. The molecule has 0 saturated heterocycles. The van der Waals surface area contributed by atoms with E-state index in [-0.39, 0.29) is 5.69 Å². The number of carboxylic acid groups (broad SMARTS) is 1. The molecule has 0 fully saturated rings. The summed E-state index contributed by atoms with van der Waals surface area (Å²) in [5.41, 5.74) is 1.89. The molecule has 0 unspecified atom stereocenters. The third-order valence-corrected chi connectivity index (χ3v) is 3.13. The first-order valence-electron chi connectivity index (χ1n) is 4.94. The number of pyridine rings is 1. The SMILES string of the molecule is CCc1cc(C(=O)O)nc2ccc(I)cc12. The zero-order valence-electron chi connectivity index (χ0n) is 8.70. The quantitative estimate of drug-likeness (QED) is 0.863. The Labute approximate surface area is 107 Å². The van der Waals surface area contributed by atoms with E-state index in [2.05, 4.69) is 27.6 Å². The number of aromatic nitrogens is 1. The van der Waals surface area contributed by atoms with Gasteiger partial charge in [-0.3, -0.25) is 0 Å². The van der Waals surface area contributed by atoms with Crippen LogP contribution in [0.15, 0.2) is 24.3 Å². The highest BCUT2D eigenvalue weighted by Crippen LogP contribution is 2.21. The number of fused-ring (bicyclic) bond motifs is 1. The molecule has 2 rings (SSSR count). The fourth-order valence-electron chi connectivity index (χ4n) is 1.67. The molecule has 0 amide bonds. The van der Waals surface area contributed by atoms with Crippen molar-refractivity contribution in [2.45, 2.75) is 13.3 Å². The third-order valence-electron chi connectivity index (χ3n) is 2.46. The molecule has 0 saturated carbocycles. The Bertz CT molecular complexity index is 566. The standard InChI is InChI=1S/C12H10INO2/c1-2-7-5-11(12(15)16)14-10-4-3-8(13)6-9(7)10/h3-6H,2H2,1H3,(H,15,16). The first kappa shape index (κ1) is 11.3. The van der Waals surface area contributed by atoms with Crippen molar-refractivity contribution < 1.29 is 9.90 Å². The number of rotatable bonds is 2. The van der Waals surface area contributed by atoms with Crippen molar-refractivity contribution in [2.75, 3.05) is 0 Å². The molecule has 1 aromatic heterocycles. The minimum atomic E-state index is -0.977. The lowest BCUT2D eigenvalue weighted by Gasteiger charge is -2.06. The van der Waals surface area contributed by atoms with Crippen LogP contribution in [0.3, 0.4) is 0 Å². The lowest BCUT2D eigenvalue weighted by Crippen LogP contribution is -2.02. The highest BCUT2D eigenvalue weighted by molar-refractivity contribution is 14.1. The molecule has 0 aliphatic rings. The van der Waals surface area contributed by atoms with Gasteiger partial charge in [-0.25, -0.2) is 9.78 Å². The molecule has 0 spiro atoms. The fourth-order valence-corrected chi connectivity index (χ4v) is 2.16. The van der Waals surface area contributed by atoms with Crippen LogP contribution in [0, 0.1) is 3.57 Å². The van der Waals surface area contributed by atoms with Gasteiger partial charge in [-0.15, -0.1) is 0 Å². The average Bonchev–Trinajstić information content (AvgIpc) is 2.27. The van der Waals surface area contributed by atoms with Gasteiger partial charge in [-0.2, -0.15) is 0 Å². The second-order valence-corrected chi connectivity index (χ2v) is 4.73. The van der Waals surface area contributed by atoms with Crippen molar-refractivity contribution in [3.63, 3.8) is 0 Å². The van der Waals surface area contributed by atoms with Crippen LogP contribution in [-0.4, -0.2) is 16.1 Å². The summed E-state index contributed by atoms with van der Waals surface area (Å²) >= 11 is 2.24. The molecule has 1 heterocycles. The molecule has 16 heavy (non-hydrogen) atoms. The Balaban J connectivity index is 2.78. The second kappa shape index (κ2) is 4.37. The lowest BCUT2D eigenvalue weighted by molar-refractivity contribution is 0.0691. The lowest BCUT2D eigenvalue weighted by atomic mass is 10.1. The molecule has 2 aromatic rings. The van der Waals surface area contributed by atoms with E-state index in [0.717, 1.165) is 26.5 Å². The van der Waals surface area contributed by atoms with Gasteiger partial charge < -0.3 is 5.11 Å². The minimum Gasteiger partial charge on any atom is -0.477 e.